The molecule has 2 heterocycles. The Hall–Kier alpha value is -1.79. The molecule has 0 saturated carbocycles. The van der Waals surface area contributed by atoms with Gasteiger partial charge in [0, 0.05) is 37.3 Å². The van der Waals surface area contributed by atoms with E-state index in [0.717, 1.165) is 49.0 Å². The summed E-state index contributed by atoms with van der Waals surface area (Å²) in [4.78, 5) is 21.0. The van der Waals surface area contributed by atoms with E-state index in [1.807, 2.05) is 11.8 Å². The number of carbonyl (C=O) groups is 1. The average Bonchev–Trinajstić information content (AvgIpc) is 2.95. The van der Waals surface area contributed by atoms with Crippen molar-refractivity contribution in [2.75, 3.05) is 26.2 Å². The van der Waals surface area contributed by atoms with Gasteiger partial charge in [-0.25, -0.2) is 9.37 Å². The first-order valence-electron chi connectivity index (χ1n) is 7.76. The highest BCUT2D eigenvalue weighted by Crippen LogP contribution is 2.14. The molecule has 3 rings (SSSR count). The van der Waals surface area contributed by atoms with Gasteiger partial charge in [0.05, 0.1) is 13.0 Å². The third-order valence-electron chi connectivity index (χ3n) is 4.02. The Labute approximate surface area is 139 Å². The zero-order valence-electron chi connectivity index (χ0n) is 13.2. The van der Waals surface area contributed by atoms with Crippen molar-refractivity contribution in [2.24, 2.45) is 0 Å². The minimum absolute atomic E-state index is 0.112. The van der Waals surface area contributed by atoms with Crippen molar-refractivity contribution in [2.45, 2.75) is 19.9 Å². The van der Waals surface area contributed by atoms with Gasteiger partial charge >= 0.3 is 0 Å². The zero-order chi connectivity index (χ0) is 16.2. The zero-order valence-corrected chi connectivity index (χ0v) is 14.0. The molecule has 2 aromatic rings. The molecule has 1 amide bonds. The van der Waals surface area contributed by atoms with Crippen LogP contribution in [0.2, 0.25) is 0 Å². The molecule has 0 bridgehead atoms. The minimum Gasteiger partial charge on any atom is -0.340 e. The number of hydrogen-bond donors (Lipinski definition) is 0. The Balaban J connectivity index is 1.48. The molecule has 122 valence electrons. The van der Waals surface area contributed by atoms with Gasteiger partial charge in [-0.05, 0) is 24.6 Å². The van der Waals surface area contributed by atoms with Gasteiger partial charge in [-0.3, -0.25) is 9.69 Å². The molecule has 0 aliphatic carbocycles. The highest BCUT2D eigenvalue weighted by Gasteiger charge is 2.21. The van der Waals surface area contributed by atoms with Crippen LogP contribution < -0.4 is 0 Å². The van der Waals surface area contributed by atoms with Crippen LogP contribution >= 0.6 is 11.3 Å². The summed E-state index contributed by atoms with van der Waals surface area (Å²) in [7, 11) is 0. The quantitative estimate of drug-likeness (QED) is 0.862. The van der Waals surface area contributed by atoms with Crippen molar-refractivity contribution in [3.8, 4) is 0 Å². The Bertz CT molecular complexity index is 663. The van der Waals surface area contributed by atoms with Crippen LogP contribution in [0.25, 0.3) is 0 Å². The predicted molar refractivity (Wildman–Crippen MR) is 88.8 cm³/mol. The van der Waals surface area contributed by atoms with Gasteiger partial charge in [-0.2, -0.15) is 0 Å². The van der Waals surface area contributed by atoms with Gasteiger partial charge in [-0.15, -0.1) is 11.3 Å². The maximum atomic E-state index is 12.9. The highest BCUT2D eigenvalue weighted by molar-refractivity contribution is 7.09. The Morgan fingerprint density at radius 2 is 1.91 bits per heavy atom. The number of aromatic nitrogens is 1. The number of amides is 1. The average molecular weight is 333 g/mol. The van der Waals surface area contributed by atoms with E-state index in [4.69, 9.17) is 0 Å². The second kappa shape index (κ2) is 7.19. The molecule has 6 heteroatoms. The fourth-order valence-corrected chi connectivity index (χ4v) is 3.52. The molecule has 0 N–H and O–H groups in total. The maximum Gasteiger partial charge on any atom is 0.227 e. The summed E-state index contributed by atoms with van der Waals surface area (Å²) >= 11 is 1.69. The Morgan fingerprint density at radius 1 is 1.22 bits per heavy atom. The number of thiazole rings is 1. The SMILES string of the molecule is Cc1csc(CN2CCN(C(=O)Cc3ccc(F)cc3)CC2)n1. The summed E-state index contributed by atoms with van der Waals surface area (Å²) in [5.41, 5.74) is 1.93. The van der Waals surface area contributed by atoms with E-state index in [-0.39, 0.29) is 11.7 Å². The monoisotopic (exact) mass is 333 g/mol. The number of hydrogen-bond acceptors (Lipinski definition) is 4. The normalized spacial score (nSPS) is 15.8. The number of benzene rings is 1. The van der Waals surface area contributed by atoms with Gasteiger partial charge < -0.3 is 4.90 Å². The van der Waals surface area contributed by atoms with Crippen molar-refractivity contribution in [3.63, 3.8) is 0 Å². The van der Waals surface area contributed by atoms with Gasteiger partial charge in [0.25, 0.3) is 0 Å². The van der Waals surface area contributed by atoms with E-state index >= 15 is 0 Å². The van der Waals surface area contributed by atoms with Gasteiger partial charge in [0.2, 0.25) is 5.91 Å². The molecular weight excluding hydrogens is 313 g/mol. The summed E-state index contributed by atoms with van der Waals surface area (Å²) in [5.74, 6) is -0.159. The Kier molecular flexibility index (Phi) is 5.03. The molecule has 4 nitrogen and oxygen atoms in total. The van der Waals surface area contributed by atoms with Crippen molar-refractivity contribution in [3.05, 3.63) is 51.7 Å². The number of nitrogens with zero attached hydrogens (tertiary/aromatic N) is 3. The molecule has 0 atom stereocenters. The first kappa shape index (κ1) is 16.1. The number of piperazine rings is 1. The van der Waals surface area contributed by atoms with E-state index < -0.39 is 0 Å². The van der Waals surface area contributed by atoms with E-state index in [1.165, 1.54) is 12.1 Å². The van der Waals surface area contributed by atoms with E-state index in [1.54, 1.807) is 23.5 Å². The van der Waals surface area contributed by atoms with E-state index in [2.05, 4.69) is 15.3 Å². The minimum atomic E-state index is -0.271. The first-order valence-corrected chi connectivity index (χ1v) is 8.64. The lowest BCUT2D eigenvalue weighted by Gasteiger charge is -2.34. The van der Waals surface area contributed by atoms with Gasteiger partial charge in [0.1, 0.15) is 10.8 Å². The van der Waals surface area contributed by atoms with Crippen LogP contribution in [0.1, 0.15) is 16.3 Å². The lowest BCUT2D eigenvalue weighted by molar-refractivity contribution is -0.132. The maximum absolute atomic E-state index is 12.9. The summed E-state index contributed by atoms with van der Waals surface area (Å²) < 4.78 is 12.9. The van der Waals surface area contributed by atoms with Crippen molar-refractivity contribution >= 4 is 17.2 Å². The van der Waals surface area contributed by atoms with E-state index in [0.29, 0.717) is 6.42 Å². The molecule has 0 spiro atoms. The fourth-order valence-electron chi connectivity index (χ4n) is 2.71. The number of halogens is 1. The third kappa shape index (κ3) is 4.36. The van der Waals surface area contributed by atoms with Crippen LogP contribution in [0.5, 0.6) is 0 Å². The molecule has 1 aliphatic heterocycles. The second-order valence-corrected chi connectivity index (χ2v) is 6.79. The molecular formula is C17H20FN3OS. The third-order valence-corrected chi connectivity index (χ3v) is 4.97. The van der Waals surface area contributed by atoms with Gasteiger partial charge in [-0.1, -0.05) is 12.1 Å². The standard InChI is InChI=1S/C17H20FN3OS/c1-13-12-23-16(19-13)11-20-6-8-21(9-7-20)17(22)10-14-2-4-15(18)5-3-14/h2-5,12H,6-11H2,1H3. The molecule has 0 radical (unpaired) electrons. The predicted octanol–water partition coefficient (Wildman–Crippen LogP) is 2.48. The summed E-state index contributed by atoms with van der Waals surface area (Å²) in [6.07, 6.45) is 0.339. The highest BCUT2D eigenvalue weighted by atomic mass is 32.1. The van der Waals surface area contributed by atoms with Crippen LogP contribution in [-0.2, 0) is 17.8 Å². The molecule has 1 aliphatic rings. The summed E-state index contributed by atoms with van der Waals surface area (Å²) in [6.45, 7) is 6.08. The lowest BCUT2D eigenvalue weighted by atomic mass is 10.1. The first-order chi connectivity index (χ1) is 11.1. The Morgan fingerprint density at radius 3 is 2.52 bits per heavy atom. The van der Waals surface area contributed by atoms with Crippen molar-refractivity contribution in [1.29, 1.82) is 0 Å². The summed E-state index contributed by atoms with van der Waals surface area (Å²) in [6, 6.07) is 6.15. The second-order valence-electron chi connectivity index (χ2n) is 5.84. The van der Waals surface area contributed by atoms with E-state index in [9.17, 15) is 9.18 Å². The molecule has 1 fully saturated rings. The molecule has 1 saturated heterocycles. The smallest absolute Gasteiger partial charge is 0.227 e. The molecule has 23 heavy (non-hydrogen) atoms. The number of carbonyl (C=O) groups excluding carboxylic acids is 1. The molecule has 0 unspecified atom stereocenters. The number of rotatable bonds is 4. The topological polar surface area (TPSA) is 36.4 Å². The summed E-state index contributed by atoms with van der Waals surface area (Å²) in [5, 5.41) is 3.20. The largest absolute Gasteiger partial charge is 0.340 e. The molecule has 1 aromatic heterocycles. The van der Waals surface area contributed by atoms with Crippen molar-refractivity contribution < 1.29 is 9.18 Å². The fraction of sp³-hybridized carbons (Fsp3) is 0.412. The van der Waals surface area contributed by atoms with Gasteiger partial charge in [0.15, 0.2) is 0 Å². The van der Waals surface area contributed by atoms with Crippen molar-refractivity contribution in [1.82, 2.24) is 14.8 Å². The lowest BCUT2D eigenvalue weighted by Crippen LogP contribution is -2.48. The number of aryl methyl sites for hydroxylation is 1. The van der Waals surface area contributed by atoms with Crippen LogP contribution in [-0.4, -0.2) is 46.9 Å². The van der Waals surface area contributed by atoms with Crippen LogP contribution in [0, 0.1) is 12.7 Å². The molecule has 1 aromatic carbocycles. The van der Waals surface area contributed by atoms with Crippen LogP contribution in [0.4, 0.5) is 4.39 Å². The van der Waals surface area contributed by atoms with Crippen LogP contribution in [0.15, 0.2) is 29.6 Å². The van der Waals surface area contributed by atoms with Crippen LogP contribution in [0.3, 0.4) is 0 Å².